The standard InChI is InChI=1S/C11H17NO7/c1-18-10(16)6-12(7-11(17)19-2)8(13)4-3-5-9(14)15/h3-7H2,1-2H3,(H,14,15). The van der Waals surface area contributed by atoms with Gasteiger partial charge in [0.05, 0.1) is 14.2 Å². The Morgan fingerprint density at radius 2 is 1.42 bits per heavy atom. The molecule has 0 aromatic heterocycles. The predicted octanol–water partition coefficient (Wildman–Crippen LogP) is -0.584. The lowest BCUT2D eigenvalue weighted by Crippen LogP contribution is -2.40. The Hall–Kier alpha value is -2.12. The highest BCUT2D eigenvalue weighted by Crippen LogP contribution is 2.02. The van der Waals surface area contributed by atoms with Crippen LogP contribution in [0.2, 0.25) is 0 Å². The van der Waals surface area contributed by atoms with Crippen LogP contribution >= 0.6 is 0 Å². The number of rotatable bonds is 8. The molecule has 0 rings (SSSR count). The van der Waals surface area contributed by atoms with Gasteiger partial charge in [0.15, 0.2) is 0 Å². The summed E-state index contributed by atoms with van der Waals surface area (Å²) in [6.07, 6.45) is -0.0939. The van der Waals surface area contributed by atoms with Crippen molar-refractivity contribution in [2.75, 3.05) is 27.3 Å². The summed E-state index contributed by atoms with van der Waals surface area (Å²) in [7, 11) is 2.32. The lowest BCUT2D eigenvalue weighted by atomic mass is 10.2. The van der Waals surface area contributed by atoms with Gasteiger partial charge in [-0.1, -0.05) is 0 Å². The molecule has 0 heterocycles. The van der Waals surface area contributed by atoms with Gasteiger partial charge in [-0.15, -0.1) is 0 Å². The molecule has 0 unspecified atom stereocenters. The Balaban J connectivity index is 4.44. The van der Waals surface area contributed by atoms with Crippen molar-refractivity contribution < 1.29 is 33.8 Å². The Labute approximate surface area is 110 Å². The van der Waals surface area contributed by atoms with Crippen molar-refractivity contribution in [3.8, 4) is 0 Å². The van der Waals surface area contributed by atoms with Gasteiger partial charge in [-0.05, 0) is 6.42 Å². The van der Waals surface area contributed by atoms with Crippen molar-refractivity contribution in [3.63, 3.8) is 0 Å². The minimum Gasteiger partial charge on any atom is -0.481 e. The van der Waals surface area contributed by atoms with Crippen molar-refractivity contribution in [2.45, 2.75) is 19.3 Å². The summed E-state index contributed by atoms with van der Waals surface area (Å²) < 4.78 is 8.82. The summed E-state index contributed by atoms with van der Waals surface area (Å²) >= 11 is 0. The predicted molar refractivity (Wildman–Crippen MR) is 62.1 cm³/mol. The molecule has 0 aliphatic carbocycles. The van der Waals surface area contributed by atoms with Crippen molar-refractivity contribution >= 4 is 23.8 Å². The van der Waals surface area contributed by atoms with Crippen molar-refractivity contribution in [1.29, 1.82) is 0 Å². The summed E-state index contributed by atoms with van der Waals surface area (Å²) in [6.45, 7) is -0.755. The highest BCUT2D eigenvalue weighted by atomic mass is 16.5. The molecule has 0 atom stereocenters. The summed E-state index contributed by atoms with van der Waals surface area (Å²) in [5.41, 5.74) is 0. The molecule has 19 heavy (non-hydrogen) atoms. The molecule has 8 heteroatoms. The molecule has 0 aliphatic heterocycles. The zero-order chi connectivity index (χ0) is 14.8. The third-order valence-corrected chi connectivity index (χ3v) is 2.23. The number of ether oxygens (including phenoxy) is 2. The van der Waals surface area contributed by atoms with E-state index in [2.05, 4.69) is 9.47 Å². The van der Waals surface area contributed by atoms with Gasteiger partial charge in [-0.2, -0.15) is 0 Å². The van der Waals surface area contributed by atoms with E-state index in [0.29, 0.717) is 0 Å². The number of nitrogens with zero attached hydrogens (tertiary/aromatic N) is 1. The molecule has 0 aromatic rings. The van der Waals surface area contributed by atoms with Crippen LogP contribution in [-0.4, -0.2) is 61.1 Å². The van der Waals surface area contributed by atoms with E-state index in [4.69, 9.17) is 5.11 Å². The fraction of sp³-hybridized carbons (Fsp3) is 0.636. The topological polar surface area (TPSA) is 110 Å². The number of carbonyl (C=O) groups is 4. The Morgan fingerprint density at radius 3 is 1.79 bits per heavy atom. The normalized spacial score (nSPS) is 9.58. The van der Waals surface area contributed by atoms with E-state index in [1.54, 1.807) is 0 Å². The van der Waals surface area contributed by atoms with E-state index in [-0.39, 0.29) is 32.4 Å². The van der Waals surface area contributed by atoms with E-state index in [1.165, 1.54) is 0 Å². The van der Waals surface area contributed by atoms with Gasteiger partial charge in [-0.3, -0.25) is 19.2 Å². The molecule has 0 saturated heterocycles. The van der Waals surface area contributed by atoms with Crippen LogP contribution in [0.3, 0.4) is 0 Å². The number of methoxy groups -OCH3 is 2. The Bertz CT molecular complexity index is 335. The van der Waals surface area contributed by atoms with Gasteiger partial charge in [0.1, 0.15) is 13.1 Å². The third kappa shape index (κ3) is 7.74. The highest BCUT2D eigenvalue weighted by Gasteiger charge is 2.20. The first-order chi connectivity index (χ1) is 8.90. The molecule has 0 radical (unpaired) electrons. The number of amides is 1. The second kappa shape index (κ2) is 8.90. The molecule has 1 amide bonds. The number of carboxylic acid groups (broad SMARTS) is 1. The van der Waals surface area contributed by atoms with Crippen LogP contribution < -0.4 is 0 Å². The molecule has 0 aliphatic rings. The average Bonchev–Trinajstić information content (AvgIpc) is 2.36. The fourth-order valence-corrected chi connectivity index (χ4v) is 1.22. The summed E-state index contributed by atoms with van der Waals surface area (Å²) in [4.78, 5) is 45.3. The van der Waals surface area contributed by atoms with Crippen LogP contribution in [-0.2, 0) is 28.7 Å². The molecule has 108 valence electrons. The molecule has 1 N–H and O–H groups in total. The van der Waals surface area contributed by atoms with Crippen LogP contribution in [0.15, 0.2) is 0 Å². The van der Waals surface area contributed by atoms with Crippen LogP contribution in [0.25, 0.3) is 0 Å². The minimum atomic E-state index is -1.01. The van der Waals surface area contributed by atoms with E-state index >= 15 is 0 Å². The minimum absolute atomic E-state index is 0.0692. The first-order valence-electron chi connectivity index (χ1n) is 5.54. The van der Waals surface area contributed by atoms with Crippen LogP contribution in [0.5, 0.6) is 0 Å². The van der Waals surface area contributed by atoms with Crippen LogP contribution in [0, 0.1) is 0 Å². The molecular formula is C11H17NO7. The van der Waals surface area contributed by atoms with Gasteiger partial charge in [0.2, 0.25) is 5.91 Å². The lowest BCUT2D eigenvalue weighted by Gasteiger charge is -2.19. The molecule has 0 bridgehead atoms. The SMILES string of the molecule is COC(=O)CN(CC(=O)OC)C(=O)CCCC(=O)O. The van der Waals surface area contributed by atoms with Crippen LogP contribution in [0.1, 0.15) is 19.3 Å². The maximum absolute atomic E-state index is 11.7. The molecule has 0 fully saturated rings. The number of esters is 2. The van der Waals surface area contributed by atoms with E-state index in [1.807, 2.05) is 0 Å². The Morgan fingerprint density at radius 1 is 0.947 bits per heavy atom. The molecule has 0 spiro atoms. The van der Waals surface area contributed by atoms with E-state index in [9.17, 15) is 19.2 Å². The van der Waals surface area contributed by atoms with Crippen LogP contribution in [0.4, 0.5) is 0 Å². The first kappa shape index (κ1) is 16.9. The van der Waals surface area contributed by atoms with Gasteiger partial charge in [-0.25, -0.2) is 0 Å². The maximum atomic E-state index is 11.7. The van der Waals surface area contributed by atoms with E-state index in [0.717, 1.165) is 19.1 Å². The summed E-state index contributed by atoms with van der Waals surface area (Å²) in [5, 5.41) is 8.46. The molecule has 8 nitrogen and oxygen atoms in total. The third-order valence-electron chi connectivity index (χ3n) is 2.23. The second-order valence-electron chi connectivity index (χ2n) is 3.65. The van der Waals surface area contributed by atoms with Crippen molar-refractivity contribution in [1.82, 2.24) is 4.90 Å². The monoisotopic (exact) mass is 275 g/mol. The maximum Gasteiger partial charge on any atom is 0.325 e. The van der Waals surface area contributed by atoms with Crippen molar-refractivity contribution in [2.24, 2.45) is 0 Å². The number of aliphatic carboxylic acids is 1. The summed E-state index contributed by atoms with van der Waals surface area (Å²) in [5.74, 6) is -2.86. The fourth-order valence-electron chi connectivity index (χ4n) is 1.22. The summed E-state index contributed by atoms with van der Waals surface area (Å²) in [6, 6.07) is 0. The molecular weight excluding hydrogens is 258 g/mol. The Kier molecular flexibility index (Phi) is 7.90. The number of hydrogen-bond donors (Lipinski definition) is 1. The molecule has 0 saturated carbocycles. The second-order valence-corrected chi connectivity index (χ2v) is 3.65. The largest absolute Gasteiger partial charge is 0.481 e. The zero-order valence-corrected chi connectivity index (χ0v) is 10.9. The van der Waals surface area contributed by atoms with Gasteiger partial charge < -0.3 is 19.5 Å². The van der Waals surface area contributed by atoms with E-state index < -0.39 is 23.8 Å². The highest BCUT2D eigenvalue weighted by molar-refractivity contribution is 5.86. The zero-order valence-electron chi connectivity index (χ0n) is 10.9. The lowest BCUT2D eigenvalue weighted by molar-refractivity contribution is -0.152. The van der Waals surface area contributed by atoms with Crippen molar-refractivity contribution in [3.05, 3.63) is 0 Å². The first-order valence-corrected chi connectivity index (χ1v) is 5.54. The number of carboxylic acids is 1. The van der Waals surface area contributed by atoms with Gasteiger partial charge >= 0.3 is 17.9 Å². The average molecular weight is 275 g/mol. The molecule has 0 aromatic carbocycles. The quantitative estimate of drug-likeness (QED) is 0.590. The smallest absolute Gasteiger partial charge is 0.325 e. The van der Waals surface area contributed by atoms with Gasteiger partial charge in [0, 0.05) is 12.8 Å². The number of carbonyl (C=O) groups excluding carboxylic acids is 3. The van der Waals surface area contributed by atoms with Gasteiger partial charge in [0.25, 0.3) is 0 Å². The number of hydrogen-bond acceptors (Lipinski definition) is 6.